The van der Waals surface area contributed by atoms with Crippen LogP contribution in [0.3, 0.4) is 0 Å². The Morgan fingerprint density at radius 3 is 2.35 bits per heavy atom. The number of phosphoric acid groups is 2. The van der Waals surface area contributed by atoms with Gasteiger partial charge in [0.25, 0.3) is 0 Å². The number of aliphatic hydroxyl groups excluding tert-OH is 7. The van der Waals surface area contributed by atoms with Gasteiger partial charge in [-0.3, -0.25) is 13.6 Å². The maximum Gasteiger partial charge on any atom is 0.483 e. The number of fused-ring (bicyclic) bond motifs is 1. The molecule has 0 aromatic carbocycles. The van der Waals surface area contributed by atoms with Gasteiger partial charge in [-0.05, 0) is 0 Å². The largest absolute Gasteiger partial charge is 0.483 e. The number of aliphatic hydroxyl groups is 7. The molecule has 0 bridgehead atoms. The van der Waals surface area contributed by atoms with Crippen LogP contribution in [0.15, 0.2) is 12.7 Å². The van der Waals surface area contributed by atoms with E-state index in [1.807, 2.05) is 0 Å². The van der Waals surface area contributed by atoms with Crippen LogP contribution in [0.5, 0.6) is 0 Å². The molecule has 2 aliphatic rings. The van der Waals surface area contributed by atoms with Gasteiger partial charge in [0.2, 0.25) is 0 Å². The molecule has 226 valence electrons. The van der Waals surface area contributed by atoms with E-state index < -0.39 is 90.2 Å². The second-order valence-electron chi connectivity index (χ2n) is 8.74. The summed E-state index contributed by atoms with van der Waals surface area (Å²) < 4.78 is 49.6. The van der Waals surface area contributed by atoms with E-state index in [9.17, 15) is 49.6 Å². The highest BCUT2D eigenvalue weighted by Crippen LogP contribution is 2.61. The molecular weight excluding hydrogens is 592 g/mol. The minimum Gasteiger partial charge on any atom is -0.394 e. The predicted octanol–water partition coefficient (Wildman–Crippen LogP) is -4.56. The fraction of sp³-hybridized carbons (Fsp3) is 0.706. The molecule has 4 heterocycles. The molecule has 4 rings (SSSR count). The Balaban J connectivity index is 1.38. The van der Waals surface area contributed by atoms with Crippen molar-refractivity contribution in [1.82, 2.24) is 19.5 Å². The van der Waals surface area contributed by atoms with Crippen LogP contribution >= 0.6 is 15.6 Å². The Labute approximate surface area is 223 Å². The number of nitrogens with zero attached hydrogens (tertiary/aromatic N) is 4. The molecule has 2 fully saturated rings. The molecule has 0 amide bonds. The lowest BCUT2D eigenvalue weighted by Gasteiger charge is -2.41. The zero-order valence-corrected chi connectivity index (χ0v) is 21.8. The normalized spacial score (nSPS) is 36.8. The first-order valence-corrected chi connectivity index (χ1v) is 14.3. The van der Waals surface area contributed by atoms with Gasteiger partial charge >= 0.3 is 15.6 Å². The number of nitrogens with two attached hydrogens (primary N) is 1. The van der Waals surface area contributed by atoms with Crippen LogP contribution in [-0.2, 0) is 32.0 Å². The summed E-state index contributed by atoms with van der Waals surface area (Å²) in [6.07, 6.45) is -16.0. The number of rotatable bonds is 10. The first kappa shape index (κ1) is 31.2. The molecule has 0 saturated carbocycles. The molecule has 2 aromatic heterocycles. The summed E-state index contributed by atoms with van der Waals surface area (Å²) >= 11 is 0. The van der Waals surface area contributed by atoms with E-state index in [0.717, 1.165) is 6.33 Å². The monoisotopic (exact) mass is 619 g/mol. The third-order valence-corrected chi connectivity index (χ3v) is 8.62. The SMILES string of the molecule is Nc1ncnc2c1ncn2[C@@H]1O[C@H](COP(=O)(O)OP(=O)(O)O[C@H]2O[C@H]([C@@H](O)CO)[C@@H](O)[C@H](O)[C@@H]2O)[C@@H](O)[C@H]1O. The summed E-state index contributed by atoms with van der Waals surface area (Å²) in [6.45, 7) is -1.95. The standard InChI is InChI=1S/C17H27N5O16P2/c18-14-7-15(20-3-19-14)22(4-21-7)16-11(28)8(25)6(35-16)2-34-39(30,31)38-40(32,33)37-17-12(29)9(26)10(27)13(36-17)5(24)1-23/h3-6,8-13,16-17,23-29H,1-2H2,(H,30,31)(H,32,33)(H2,18,19,20)/t5-,6+,8+,9-,10-,11+,12-,13+,16+,17+/m0/s1. The summed E-state index contributed by atoms with van der Waals surface area (Å²) in [5.41, 5.74) is 6.03. The average molecular weight is 619 g/mol. The Hall–Kier alpha value is -1.75. The van der Waals surface area contributed by atoms with E-state index in [4.69, 9.17) is 20.3 Å². The molecule has 2 aromatic rings. The number of nitrogen functional groups attached to an aromatic ring is 1. The smallest absolute Gasteiger partial charge is 0.394 e. The van der Waals surface area contributed by atoms with Gasteiger partial charge in [0.15, 0.2) is 24.0 Å². The number of ether oxygens (including phenoxy) is 2. The third kappa shape index (κ3) is 6.35. The van der Waals surface area contributed by atoms with Crippen molar-refractivity contribution < 1.29 is 77.5 Å². The Kier molecular flexibility index (Phi) is 9.25. The van der Waals surface area contributed by atoms with Crippen molar-refractivity contribution in [3.05, 3.63) is 12.7 Å². The molecule has 11 N–H and O–H groups in total. The summed E-state index contributed by atoms with van der Waals surface area (Å²) in [5.74, 6) is 0.0302. The lowest BCUT2D eigenvalue weighted by molar-refractivity contribution is -0.292. The van der Waals surface area contributed by atoms with Gasteiger partial charge in [0.1, 0.15) is 60.7 Å². The highest BCUT2D eigenvalue weighted by atomic mass is 31.3. The fourth-order valence-electron chi connectivity index (χ4n) is 4.01. The van der Waals surface area contributed by atoms with Crippen LogP contribution in [-0.4, -0.2) is 133 Å². The molecule has 0 radical (unpaired) electrons. The number of hydrogen-bond donors (Lipinski definition) is 10. The molecule has 2 unspecified atom stereocenters. The zero-order chi connectivity index (χ0) is 29.6. The molecule has 21 nitrogen and oxygen atoms in total. The molecular formula is C17H27N5O16P2. The second kappa shape index (κ2) is 11.9. The quantitative estimate of drug-likeness (QED) is 0.112. The van der Waals surface area contributed by atoms with E-state index in [-0.39, 0.29) is 17.0 Å². The van der Waals surface area contributed by atoms with Crippen molar-refractivity contribution in [3.8, 4) is 0 Å². The van der Waals surface area contributed by atoms with E-state index in [0.29, 0.717) is 0 Å². The van der Waals surface area contributed by atoms with Crippen molar-refractivity contribution in [1.29, 1.82) is 0 Å². The summed E-state index contributed by atoms with van der Waals surface area (Å²) in [4.78, 5) is 31.6. The second-order valence-corrected chi connectivity index (χ2v) is 11.7. The van der Waals surface area contributed by atoms with Gasteiger partial charge in [0.05, 0.1) is 19.5 Å². The van der Waals surface area contributed by atoms with Gasteiger partial charge < -0.3 is 60.7 Å². The number of phosphoric ester groups is 2. The van der Waals surface area contributed by atoms with Crippen molar-refractivity contribution in [2.24, 2.45) is 0 Å². The molecule has 2 aliphatic heterocycles. The minimum atomic E-state index is -5.65. The number of imidazole rings is 1. The van der Waals surface area contributed by atoms with Crippen LogP contribution in [0.4, 0.5) is 5.82 Å². The van der Waals surface area contributed by atoms with Gasteiger partial charge in [-0.15, -0.1) is 0 Å². The van der Waals surface area contributed by atoms with Crippen molar-refractivity contribution in [2.75, 3.05) is 18.9 Å². The van der Waals surface area contributed by atoms with Crippen LogP contribution in [0.1, 0.15) is 6.23 Å². The maximum atomic E-state index is 12.3. The summed E-state index contributed by atoms with van der Waals surface area (Å²) in [7, 11) is -11.2. The van der Waals surface area contributed by atoms with Crippen molar-refractivity contribution >= 4 is 32.6 Å². The predicted molar refractivity (Wildman–Crippen MR) is 123 cm³/mol. The first-order chi connectivity index (χ1) is 18.7. The first-order valence-electron chi connectivity index (χ1n) is 11.3. The Morgan fingerprint density at radius 2 is 1.68 bits per heavy atom. The Morgan fingerprint density at radius 1 is 0.975 bits per heavy atom. The van der Waals surface area contributed by atoms with Gasteiger partial charge in [0, 0.05) is 0 Å². The number of anilines is 1. The average Bonchev–Trinajstić information content (AvgIpc) is 3.43. The van der Waals surface area contributed by atoms with Crippen LogP contribution in [0.25, 0.3) is 11.2 Å². The van der Waals surface area contributed by atoms with E-state index >= 15 is 0 Å². The van der Waals surface area contributed by atoms with E-state index in [1.165, 1.54) is 10.9 Å². The fourth-order valence-corrected chi connectivity index (χ4v) is 6.17. The highest BCUT2D eigenvalue weighted by Gasteiger charge is 2.51. The van der Waals surface area contributed by atoms with Crippen molar-refractivity contribution in [2.45, 2.75) is 61.3 Å². The minimum absolute atomic E-state index is 0.0302. The van der Waals surface area contributed by atoms with Gasteiger partial charge in [-0.25, -0.2) is 24.1 Å². The van der Waals surface area contributed by atoms with Crippen molar-refractivity contribution in [3.63, 3.8) is 0 Å². The van der Waals surface area contributed by atoms with E-state index in [2.05, 4.69) is 28.3 Å². The molecule has 12 atom stereocenters. The Bertz CT molecular complexity index is 1290. The summed E-state index contributed by atoms with van der Waals surface area (Å²) in [5, 5.41) is 69.3. The van der Waals surface area contributed by atoms with Gasteiger partial charge in [-0.2, -0.15) is 4.31 Å². The topological polar surface area (TPSA) is 332 Å². The number of hydrogen-bond acceptors (Lipinski definition) is 18. The molecule has 40 heavy (non-hydrogen) atoms. The van der Waals surface area contributed by atoms with Crippen LogP contribution < -0.4 is 5.73 Å². The zero-order valence-electron chi connectivity index (χ0n) is 20.0. The molecule has 2 saturated heterocycles. The maximum absolute atomic E-state index is 12.3. The van der Waals surface area contributed by atoms with Crippen LogP contribution in [0.2, 0.25) is 0 Å². The van der Waals surface area contributed by atoms with Crippen LogP contribution in [0, 0.1) is 0 Å². The lowest BCUT2D eigenvalue weighted by atomic mass is 9.96. The third-order valence-electron chi connectivity index (χ3n) is 6.02. The highest BCUT2D eigenvalue weighted by molar-refractivity contribution is 7.61. The molecule has 23 heteroatoms. The van der Waals surface area contributed by atoms with Gasteiger partial charge in [-0.1, -0.05) is 0 Å². The molecule has 0 aliphatic carbocycles. The van der Waals surface area contributed by atoms with E-state index in [1.54, 1.807) is 0 Å². The summed E-state index contributed by atoms with van der Waals surface area (Å²) in [6, 6.07) is 0. The number of aromatic nitrogens is 4. The molecule has 0 spiro atoms. The lowest BCUT2D eigenvalue weighted by Crippen LogP contribution is -2.61.